The van der Waals surface area contributed by atoms with E-state index in [2.05, 4.69) is 59.3 Å². The van der Waals surface area contributed by atoms with Gasteiger partial charge in [0.15, 0.2) is 0 Å². The lowest BCUT2D eigenvalue weighted by molar-refractivity contribution is 0.437. The van der Waals surface area contributed by atoms with Gasteiger partial charge in [0, 0.05) is 12.4 Å². The van der Waals surface area contributed by atoms with Crippen LogP contribution in [0, 0.1) is 11.8 Å². The Morgan fingerprint density at radius 3 is 2.62 bits per heavy atom. The first kappa shape index (κ1) is 16.4. The average molecular weight is 324 g/mol. The van der Waals surface area contributed by atoms with Gasteiger partial charge in [-0.3, -0.25) is 4.79 Å². The molecule has 1 N–H and O–H groups in total. The van der Waals surface area contributed by atoms with E-state index in [1.54, 1.807) is 6.20 Å². The van der Waals surface area contributed by atoms with Crippen molar-refractivity contribution in [2.24, 2.45) is 11.8 Å². The number of aromatic amines is 1. The smallest absolute Gasteiger partial charge is 0.270 e. The third kappa shape index (κ3) is 3.25. The second kappa shape index (κ2) is 6.59. The van der Waals surface area contributed by atoms with E-state index in [4.69, 9.17) is 0 Å². The molecule has 0 spiro atoms. The first-order valence-corrected chi connectivity index (χ1v) is 8.46. The number of nitrogens with zero attached hydrogens (tertiary/aromatic N) is 3. The Bertz CT molecular complexity index is 878. The summed E-state index contributed by atoms with van der Waals surface area (Å²) in [4.78, 5) is 23.9. The maximum absolute atomic E-state index is 12.2. The van der Waals surface area contributed by atoms with Crippen molar-refractivity contribution in [1.82, 2.24) is 19.5 Å². The normalized spacial score (nSPS) is 13.1. The van der Waals surface area contributed by atoms with Gasteiger partial charge in [0.2, 0.25) is 0 Å². The molecule has 24 heavy (non-hydrogen) atoms. The highest BCUT2D eigenvalue weighted by atomic mass is 16.1. The summed E-state index contributed by atoms with van der Waals surface area (Å²) >= 11 is 0. The highest BCUT2D eigenvalue weighted by Gasteiger charge is 2.18. The number of hydrogen-bond acceptors (Lipinski definition) is 3. The standard InChI is InChI=1S/C19H24N4O/c1-12(2)9-17-19(24)22-15-6-5-14(10-16(15)21-17)18(13(3)4)23-8-7-20-11-23/h5-8,10-13,18H,9H2,1-4H3,(H,22,24). The van der Waals surface area contributed by atoms with E-state index >= 15 is 0 Å². The van der Waals surface area contributed by atoms with Crippen LogP contribution in [0.3, 0.4) is 0 Å². The van der Waals surface area contributed by atoms with Crippen LogP contribution < -0.4 is 5.56 Å². The summed E-state index contributed by atoms with van der Waals surface area (Å²) in [7, 11) is 0. The van der Waals surface area contributed by atoms with E-state index in [0.29, 0.717) is 24.0 Å². The number of H-pyrrole nitrogens is 1. The Morgan fingerprint density at radius 1 is 1.21 bits per heavy atom. The molecule has 1 atom stereocenters. The van der Waals surface area contributed by atoms with E-state index in [1.807, 2.05) is 18.6 Å². The van der Waals surface area contributed by atoms with Crippen molar-refractivity contribution in [2.45, 2.75) is 40.2 Å². The SMILES string of the molecule is CC(C)Cc1nc2cc(C(C(C)C)n3ccnc3)ccc2[nH]c1=O. The molecule has 0 radical (unpaired) electrons. The van der Waals surface area contributed by atoms with Crippen molar-refractivity contribution in [3.05, 3.63) is 58.5 Å². The predicted octanol–water partition coefficient (Wildman–Crippen LogP) is 3.56. The minimum atomic E-state index is -0.0843. The predicted molar refractivity (Wildman–Crippen MR) is 96.1 cm³/mol. The van der Waals surface area contributed by atoms with E-state index in [9.17, 15) is 4.79 Å². The van der Waals surface area contributed by atoms with Crippen LogP contribution in [0.1, 0.15) is 45.0 Å². The van der Waals surface area contributed by atoms with Crippen LogP contribution >= 0.6 is 0 Å². The van der Waals surface area contributed by atoms with Crippen molar-refractivity contribution < 1.29 is 0 Å². The Kier molecular flexibility index (Phi) is 4.51. The molecular formula is C19H24N4O. The molecule has 0 aliphatic rings. The highest BCUT2D eigenvalue weighted by molar-refractivity contribution is 5.75. The number of fused-ring (bicyclic) bond motifs is 1. The average Bonchev–Trinajstić information content (AvgIpc) is 3.01. The Labute approximate surface area is 141 Å². The molecule has 2 aromatic heterocycles. The fourth-order valence-electron chi connectivity index (χ4n) is 3.18. The topological polar surface area (TPSA) is 63.6 Å². The molecule has 3 rings (SSSR count). The van der Waals surface area contributed by atoms with Crippen molar-refractivity contribution in [2.75, 3.05) is 0 Å². The lowest BCUT2D eigenvalue weighted by atomic mass is 9.95. The molecule has 0 bridgehead atoms. The Hall–Kier alpha value is -2.43. The lowest BCUT2D eigenvalue weighted by Crippen LogP contribution is -2.18. The Morgan fingerprint density at radius 2 is 2.00 bits per heavy atom. The van der Waals surface area contributed by atoms with Gasteiger partial charge < -0.3 is 9.55 Å². The highest BCUT2D eigenvalue weighted by Crippen LogP contribution is 2.27. The van der Waals surface area contributed by atoms with E-state index < -0.39 is 0 Å². The van der Waals surface area contributed by atoms with Gasteiger partial charge in [-0.25, -0.2) is 9.97 Å². The van der Waals surface area contributed by atoms with Crippen LogP contribution in [0.2, 0.25) is 0 Å². The van der Waals surface area contributed by atoms with Crippen molar-refractivity contribution >= 4 is 11.0 Å². The summed E-state index contributed by atoms with van der Waals surface area (Å²) in [6.07, 6.45) is 6.32. The van der Waals surface area contributed by atoms with Gasteiger partial charge >= 0.3 is 0 Å². The van der Waals surface area contributed by atoms with Gasteiger partial charge in [0.25, 0.3) is 5.56 Å². The Balaban J connectivity index is 2.09. The van der Waals surface area contributed by atoms with Gasteiger partial charge in [0.05, 0.1) is 23.4 Å². The van der Waals surface area contributed by atoms with Crippen LogP contribution in [-0.4, -0.2) is 19.5 Å². The second-order valence-electron chi connectivity index (χ2n) is 7.09. The number of rotatable bonds is 5. The lowest BCUT2D eigenvalue weighted by Gasteiger charge is -2.23. The summed E-state index contributed by atoms with van der Waals surface area (Å²) in [5, 5.41) is 0. The first-order valence-electron chi connectivity index (χ1n) is 8.46. The molecule has 1 aromatic carbocycles. The zero-order chi connectivity index (χ0) is 17.3. The summed E-state index contributed by atoms with van der Waals surface area (Å²) in [6.45, 7) is 8.57. The molecular weight excluding hydrogens is 300 g/mol. The van der Waals surface area contributed by atoms with Gasteiger partial charge in [-0.15, -0.1) is 0 Å². The molecule has 0 amide bonds. The number of hydrogen-bond donors (Lipinski definition) is 1. The molecule has 0 fully saturated rings. The van der Waals surface area contributed by atoms with Crippen LogP contribution in [0.25, 0.3) is 11.0 Å². The van der Waals surface area contributed by atoms with E-state index in [-0.39, 0.29) is 11.6 Å². The number of aromatic nitrogens is 4. The van der Waals surface area contributed by atoms with Crippen LogP contribution in [0.4, 0.5) is 0 Å². The van der Waals surface area contributed by atoms with E-state index in [0.717, 1.165) is 11.0 Å². The molecule has 0 aliphatic heterocycles. The fourth-order valence-corrected chi connectivity index (χ4v) is 3.18. The number of benzene rings is 1. The quantitative estimate of drug-likeness (QED) is 0.780. The monoisotopic (exact) mass is 324 g/mol. The van der Waals surface area contributed by atoms with Crippen molar-refractivity contribution in [3.63, 3.8) is 0 Å². The summed E-state index contributed by atoms with van der Waals surface area (Å²) in [5.41, 5.74) is 3.32. The molecule has 0 saturated carbocycles. The maximum atomic E-state index is 12.2. The minimum absolute atomic E-state index is 0.0843. The largest absolute Gasteiger partial charge is 0.330 e. The van der Waals surface area contributed by atoms with Crippen molar-refractivity contribution in [3.8, 4) is 0 Å². The van der Waals surface area contributed by atoms with Crippen molar-refractivity contribution in [1.29, 1.82) is 0 Å². The third-order valence-corrected chi connectivity index (χ3v) is 4.21. The third-order valence-electron chi connectivity index (χ3n) is 4.21. The fraction of sp³-hybridized carbons (Fsp3) is 0.421. The molecule has 3 aromatic rings. The van der Waals surface area contributed by atoms with Crippen LogP contribution in [-0.2, 0) is 6.42 Å². The zero-order valence-electron chi connectivity index (χ0n) is 14.7. The molecule has 5 nitrogen and oxygen atoms in total. The first-order chi connectivity index (χ1) is 11.5. The van der Waals surface area contributed by atoms with Gasteiger partial charge in [-0.1, -0.05) is 33.8 Å². The molecule has 0 saturated heterocycles. The molecule has 126 valence electrons. The van der Waals surface area contributed by atoms with E-state index in [1.165, 1.54) is 5.56 Å². The van der Waals surface area contributed by atoms with Gasteiger partial charge in [-0.05, 0) is 36.0 Å². The molecule has 2 heterocycles. The summed E-state index contributed by atoms with van der Waals surface area (Å²) in [6, 6.07) is 6.29. The molecule has 1 unspecified atom stereocenters. The minimum Gasteiger partial charge on any atom is -0.330 e. The van der Waals surface area contributed by atoms with Gasteiger partial charge in [0.1, 0.15) is 5.69 Å². The zero-order valence-corrected chi connectivity index (χ0v) is 14.7. The summed E-state index contributed by atoms with van der Waals surface area (Å²) < 4.78 is 2.12. The number of nitrogens with one attached hydrogen (secondary N) is 1. The van der Waals surface area contributed by atoms with Crippen LogP contribution in [0.15, 0.2) is 41.7 Å². The molecule has 0 aliphatic carbocycles. The van der Waals surface area contributed by atoms with Gasteiger partial charge in [-0.2, -0.15) is 0 Å². The number of imidazole rings is 1. The summed E-state index contributed by atoms with van der Waals surface area (Å²) in [5.74, 6) is 0.808. The van der Waals surface area contributed by atoms with Crippen LogP contribution in [0.5, 0.6) is 0 Å². The second-order valence-corrected chi connectivity index (χ2v) is 7.09. The molecule has 5 heteroatoms. The maximum Gasteiger partial charge on any atom is 0.270 e.